The fourth-order valence-electron chi connectivity index (χ4n) is 2.14. The summed E-state index contributed by atoms with van der Waals surface area (Å²) in [6, 6.07) is 10.1. The first-order chi connectivity index (χ1) is 8.65. The van der Waals surface area contributed by atoms with Gasteiger partial charge in [-0.3, -0.25) is 4.98 Å². The molecule has 1 atom stereocenters. The van der Waals surface area contributed by atoms with E-state index in [1.54, 1.807) is 6.20 Å². The Morgan fingerprint density at radius 3 is 2.61 bits per heavy atom. The van der Waals surface area contributed by atoms with Crippen LogP contribution >= 0.6 is 11.6 Å². The van der Waals surface area contributed by atoms with Gasteiger partial charge in [0.05, 0.1) is 16.8 Å². The van der Waals surface area contributed by atoms with Gasteiger partial charge in [0.2, 0.25) is 0 Å². The normalized spacial score (nSPS) is 12.4. The number of hydrogen-bond acceptors (Lipinski definition) is 2. The van der Waals surface area contributed by atoms with Gasteiger partial charge in [0.25, 0.3) is 0 Å². The van der Waals surface area contributed by atoms with Crippen LogP contribution in [0.1, 0.15) is 28.4 Å². The molecule has 94 valence electrons. The molecule has 2 rings (SSSR count). The summed E-state index contributed by atoms with van der Waals surface area (Å²) in [7, 11) is 1.93. The van der Waals surface area contributed by atoms with Crippen LogP contribution in [0.3, 0.4) is 0 Å². The molecule has 0 aliphatic heterocycles. The number of rotatable bonds is 3. The Bertz CT molecular complexity index is 552. The number of hydrogen-bond donors (Lipinski definition) is 1. The lowest BCUT2D eigenvalue weighted by atomic mass is 9.95. The first kappa shape index (κ1) is 13.1. The Kier molecular flexibility index (Phi) is 4.00. The second kappa shape index (κ2) is 5.51. The fourth-order valence-corrected chi connectivity index (χ4v) is 2.37. The minimum absolute atomic E-state index is 0.0265. The van der Waals surface area contributed by atoms with E-state index in [1.807, 2.05) is 19.2 Å². The highest BCUT2D eigenvalue weighted by Gasteiger charge is 2.18. The van der Waals surface area contributed by atoms with Gasteiger partial charge in [0, 0.05) is 6.20 Å². The highest BCUT2D eigenvalue weighted by atomic mass is 35.5. The molecular weight excluding hydrogens is 244 g/mol. The monoisotopic (exact) mass is 260 g/mol. The zero-order valence-electron chi connectivity index (χ0n) is 10.9. The van der Waals surface area contributed by atoms with E-state index in [2.05, 4.69) is 42.3 Å². The molecule has 1 N–H and O–H groups in total. The van der Waals surface area contributed by atoms with E-state index in [1.165, 1.54) is 16.7 Å². The molecule has 0 bridgehead atoms. The molecule has 1 unspecified atom stereocenters. The Labute approximate surface area is 113 Å². The molecular formula is C15H17ClN2. The number of aryl methyl sites for hydroxylation is 1. The van der Waals surface area contributed by atoms with E-state index in [-0.39, 0.29) is 6.04 Å². The smallest absolute Gasteiger partial charge is 0.0804 e. The van der Waals surface area contributed by atoms with Gasteiger partial charge >= 0.3 is 0 Å². The Morgan fingerprint density at radius 1 is 1.17 bits per heavy atom. The molecule has 2 nitrogen and oxygen atoms in total. The molecule has 0 radical (unpaired) electrons. The highest BCUT2D eigenvalue weighted by Crippen LogP contribution is 2.28. The second-order valence-electron chi connectivity index (χ2n) is 4.38. The van der Waals surface area contributed by atoms with Crippen LogP contribution in [0.2, 0.25) is 5.02 Å². The van der Waals surface area contributed by atoms with Crippen molar-refractivity contribution >= 4 is 11.6 Å². The van der Waals surface area contributed by atoms with Crippen LogP contribution in [0, 0.1) is 13.8 Å². The standard InChI is InChI=1S/C15H17ClN2/c1-10-6-4-7-12(11(10)2)14(17-3)15-13(16)8-5-9-18-15/h4-9,14,17H,1-3H3. The lowest BCUT2D eigenvalue weighted by Crippen LogP contribution is -2.20. The number of benzene rings is 1. The molecule has 0 spiro atoms. The average Bonchev–Trinajstić information content (AvgIpc) is 2.37. The lowest BCUT2D eigenvalue weighted by molar-refractivity contribution is 0.666. The third kappa shape index (κ3) is 2.40. The van der Waals surface area contributed by atoms with Gasteiger partial charge in [0.1, 0.15) is 0 Å². The lowest BCUT2D eigenvalue weighted by Gasteiger charge is -2.20. The Hall–Kier alpha value is -1.38. The van der Waals surface area contributed by atoms with E-state index in [9.17, 15) is 0 Å². The molecule has 2 aromatic rings. The molecule has 0 saturated heterocycles. The van der Waals surface area contributed by atoms with Crippen LogP contribution in [0.15, 0.2) is 36.5 Å². The third-order valence-electron chi connectivity index (χ3n) is 3.31. The summed E-state index contributed by atoms with van der Waals surface area (Å²) in [5.41, 5.74) is 4.65. The number of aromatic nitrogens is 1. The van der Waals surface area contributed by atoms with Gasteiger partial charge in [-0.15, -0.1) is 0 Å². The van der Waals surface area contributed by atoms with Crippen molar-refractivity contribution in [3.63, 3.8) is 0 Å². The summed E-state index contributed by atoms with van der Waals surface area (Å²) in [6.45, 7) is 4.25. The quantitative estimate of drug-likeness (QED) is 0.911. The molecule has 1 aromatic carbocycles. The SMILES string of the molecule is CNC(c1cccc(C)c1C)c1ncccc1Cl. The zero-order valence-corrected chi connectivity index (χ0v) is 11.6. The largest absolute Gasteiger partial charge is 0.308 e. The number of pyridine rings is 1. The van der Waals surface area contributed by atoms with Crippen LogP contribution < -0.4 is 5.32 Å². The van der Waals surface area contributed by atoms with E-state index >= 15 is 0 Å². The van der Waals surface area contributed by atoms with Crippen molar-refractivity contribution in [2.45, 2.75) is 19.9 Å². The van der Waals surface area contributed by atoms with E-state index in [0.29, 0.717) is 5.02 Å². The summed E-state index contributed by atoms with van der Waals surface area (Å²) in [5.74, 6) is 0. The summed E-state index contributed by atoms with van der Waals surface area (Å²) in [5, 5.41) is 3.99. The molecule has 3 heteroatoms. The molecule has 0 aliphatic rings. The summed E-state index contributed by atoms with van der Waals surface area (Å²) < 4.78 is 0. The minimum atomic E-state index is 0.0265. The number of halogens is 1. The number of nitrogens with zero attached hydrogens (tertiary/aromatic N) is 1. The Balaban J connectivity index is 2.53. The van der Waals surface area contributed by atoms with Crippen molar-refractivity contribution in [1.82, 2.24) is 10.3 Å². The third-order valence-corrected chi connectivity index (χ3v) is 3.63. The molecule has 0 amide bonds. The highest BCUT2D eigenvalue weighted by molar-refractivity contribution is 6.31. The molecule has 0 fully saturated rings. The van der Waals surface area contributed by atoms with Gasteiger partial charge in [-0.05, 0) is 49.7 Å². The molecule has 18 heavy (non-hydrogen) atoms. The maximum atomic E-state index is 6.24. The van der Waals surface area contributed by atoms with Crippen LogP contribution in [-0.4, -0.2) is 12.0 Å². The topological polar surface area (TPSA) is 24.9 Å². The predicted molar refractivity (Wildman–Crippen MR) is 76.1 cm³/mol. The predicted octanol–water partition coefficient (Wildman–Crippen LogP) is 3.66. The summed E-state index contributed by atoms with van der Waals surface area (Å²) in [4.78, 5) is 4.40. The second-order valence-corrected chi connectivity index (χ2v) is 4.79. The van der Waals surface area contributed by atoms with Crippen LogP contribution in [0.4, 0.5) is 0 Å². The van der Waals surface area contributed by atoms with Crippen molar-refractivity contribution in [3.8, 4) is 0 Å². The summed E-state index contributed by atoms with van der Waals surface area (Å²) in [6.07, 6.45) is 1.77. The van der Waals surface area contributed by atoms with Crippen molar-refractivity contribution in [2.24, 2.45) is 0 Å². The van der Waals surface area contributed by atoms with Crippen LogP contribution in [0.25, 0.3) is 0 Å². The number of nitrogens with one attached hydrogen (secondary N) is 1. The maximum Gasteiger partial charge on any atom is 0.0804 e. The van der Waals surface area contributed by atoms with E-state index in [0.717, 1.165) is 5.69 Å². The van der Waals surface area contributed by atoms with Crippen LogP contribution in [0.5, 0.6) is 0 Å². The molecule has 1 aromatic heterocycles. The molecule has 1 heterocycles. The van der Waals surface area contributed by atoms with Crippen molar-refractivity contribution < 1.29 is 0 Å². The van der Waals surface area contributed by atoms with E-state index < -0.39 is 0 Å². The van der Waals surface area contributed by atoms with Crippen molar-refractivity contribution in [2.75, 3.05) is 7.05 Å². The average molecular weight is 261 g/mol. The molecule has 0 saturated carbocycles. The van der Waals surface area contributed by atoms with Gasteiger partial charge in [-0.25, -0.2) is 0 Å². The molecule has 0 aliphatic carbocycles. The van der Waals surface area contributed by atoms with Gasteiger partial charge in [-0.1, -0.05) is 29.8 Å². The minimum Gasteiger partial charge on any atom is -0.308 e. The van der Waals surface area contributed by atoms with Gasteiger partial charge in [0.15, 0.2) is 0 Å². The van der Waals surface area contributed by atoms with Gasteiger partial charge in [-0.2, -0.15) is 0 Å². The zero-order chi connectivity index (χ0) is 13.1. The van der Waals surface area contributed by atoms with E-state index in [4.69, 9.17) is 11.6 Å². The summed E-state index contributed by atoms with van der Waals surface area (Å²) >= 11 is 6.24. The maximum absolute atomic E-state index is 6.24. The Morgan fingerprint density at radius 2 is 1.94 bits per heavy atom. The van der Waals surface area contributed by atoms with Crippen molar-refractivity contribution in [1.29, 1.82) is 0 Å². The fraction of sp³-hybridized carbons (Fsp3) is 0.267. The first-order valence-corrected chi connectivity index (χ1v) is 6.36. The van der Waals surface area contributed by atoms with Crippen molar-refractivity contribution in [3.05, 3.63) is 63.9 Å². The van der Waals surface area contributed by atoms with Gasteiger partial charge < -0.3 is 5.32 Å². The first-order valence-electron chi connectivity index (χ1n) is 5.99. The van der Waals surface area contributed by atoms with Crippen LogP contribution in [-0.2, 0) is 0 Å².